The van der Waals surface area contributed by atoms with Gasteiger partial charge in [-0.2, -0.15) is 5.10 Å². The summed E-state index contributed by atoms with van der Waals surface area (Å²) in [6.45, 7) is 2.60. The summed E-state index contributed by atoms with van der Waals surface area (Å²) >= 11 is 13.2. The number of nitro groups is 1. The van der Waals surface area contributed by atoms with Gasteiger partial charge in [-0.15, -0.1) is 10.2 Å². The minimum Gasteiger partial charge on any atom is -0.302 e. The highest BCUT2D eigenvalue weighted by Crippen LogP contribution is 2.33. The van der Waals surface area contributed by atoms with Gasteiger partial charge in [0.2, 0.25) is 0 Å². The van der Waals surface area contributed by atoms with E-state index in [0.29, 0.717) is 33.0 Å². The predicted molar refractivity (Wildman–Crippen MR) is 140 cm³/mol. The van der Waals surface area contributed by atoms with Crippen LogP contribution in [0.25, 0.3) is 11.4 Å². The topological polar surface area (TPSA) is 115 Å². The zero-order valence-electron chi connectivity index (χ0n) is 18.8. The van der Waals surface area contributed by atoms with Gasteiger partial charge in [-0.05, 0) is 43.0 Å². The van der Waals surface area contributed by atoms with E-state index >= 15 is 0 Å². The van der Waals surface area contributed by atoms with Crippen molar-refractivity contribution in [3.05, 3.63) is 98.0 Å². The van der Waals surface area contributed by atoms with Gasteiger partial charge in [0.1, 0.15) is 0 Å². The lowest BCUT2D eigenvalue weighted by Gasteiger charge is -2.09. The monoisotopic (exact) mass is 540 g/mol. The molecule has 1 heterocycles. The average molecular weight is 541 g/mol. The van der Waals surface area contributed by atoms with Gasteiger partial charge in [-0.1, -0.05) is 53.5 Å². The average Bonchev–Trinajstić information content (AvgIpc) is 3.27. The van der Waals surface area contributed by atoms with Gasteiger partial charge in [-0.3, -0.25) is 14.9 Å². The molecule has 0 fully saturated rings. The van der Waals surface area contributed by atoms with Crippen LogP contribution < -0.4 is 5.43 Å². The molecule has 0 bridgehead atoms. The molecule has 0 radical (unpaired) electrons. The number of hydrogen-bond donors (Lipinski definition) is 1. The number of hydrogen-bond acceptors (Lipinski definition) is 7. The summed E-state index contributed by atoms with van der Waals surface area (Å²) in [5.74, 6) is 0.163. The molecule has 4 aromatic rings. The number of nitrogens with zero attached hydrogens (tertiary/aromatic N) is 5. The highest BCUT2D eigenvalue weighted by atomic mass is 35.5. The Balaban J connectivity index is 1.61. The minimum absolute atomic E-state index is 0.116. The van der Waals surface area contributed by atoms with E-state index in [1.807, 2.05) is 41.8 Å². The third-order valence-electron chi connectivity index (χ3n) is 5.02. The zero-order chi connectivity index (χ0) is 25.7. The normalized spacial score (nSPS) is 11.1. The maximum absolute atomic E-state index is 12.5. The molecule has 0 unspecified atom stereocenters. The Labute approximate surface area is 220 Å². The Bertz CT molecular complexity index is 1460. The van der Waals surface area contributed by atoms with Crippen molar-refractivity contribution in [3.63, 3.8) is 0 Å². The van der Waals surface area contributed by atoms with Gasteiger partial charge >= 0.3 is 0 Å². The van der Waals surface area contributed by atoms with Gasteiger partial charge in [0, 0.05) is 39.7 Å². The van der Waals surface area contributed by atoms with E-state index in [9.17, 15) is 14.9 Å². The number of nitrogens with one attached hydrogen (secondary N) is 1. The smallest absolute Gasteiger partial charge is 0.272 e. The minimum atomic E-state index is -0.550. The molecule has 0 saturated heterocycles. The summed E-state index contributed by atoms with van der Waals surface area (Å²) in [4.78, 5) is 23.9. The Kier molecular flexibility index (Phi) is 7.99. The van der Waals surface area contributed by atoms with Gasteiger partial charge in [0.25, 0.3) is 11.6 Å². The summed E-state index contributed by atoms with van der Waals surface area (Å²) in [7, 11) is 0. The van der Waals surface area contributed by atoms with E-state index in [4.69, 9.17) is 23.2 Å². The predicted octanol–water partition coefficient (Wildman–Crippen LogP) is 6.10. The van der Waals surface area contributed by atoms with Crippen LogP contribution in [0.1, 0.15) is 22.8 Å². The van der Waals surface area contributed by atoms with E-state index in [-0.39, 0.29) is 16.3 Å². The number of carbonyl (C=O) groups is 1. The van der Waals surface area contributed by atoms with Crippen molar-refractivity contribution >= 4 is 52.8 Å². The fourth-order valence-corrected chi connectivity index (χ4v) is 4.75. The molecule has 3 aromatic carbocycles. The number of halogens is 2. The number of aromatic nitrogens is 3. The molecule has 0 aliphatic carbocycles. The van der Waals surface area contributed by atoms with Crippen LogP contribution in [0.3, 0.4) is 0 Å². The number of carbonyl (C=O) groups excluding carboxylic acids is 1. The van der Waals surface area contributed by atoms with Crippen LogP contribution in [0.4, 0.5) is 5.69 Å². The largest absolute Gasteiger partial charge is 0.302 e. The van der Waals surface area contributed by atoms with Crippen LogP contribution in [0.5, 0.6) is 0 Å². The molecule has 0 atom stereocenters. The van der Waals surface area contributed by atoms with Crippen LogP contribution in [0, 0.1) is 10.1 Å². The molecule has 36 heavy (non-hydrogen) atoms. The summed E-state index contributed by atoms with van der Waals surface area (Å²) in [5.41, 5.74) is 3.81. The summed E-state index contributed by atoms with van der Waals surface area (Å²) in [5, 5.41) is 25.2. The number of non-ortho nitro benzene ring substituents is 1. The second kappa shape index (κ2) is 11.3. The third-order valence-corrected chi connectivity index (χ3v) is 6.64. The van der Waals surface area contributed by atoms with Gasteiger partial charge in [0.05, 0.1) is 21.7 Å². The molecule has 0 spiro atoms. The SMILES string of the molecule is CCn1c(Sc2ccc([N+](=O)[O-])cc2/C=N\NC(=O)c2ccc(Cl)cc2Cl)nnc1-c1ccccc1. The first-order valence-corrected chi connectivity index (χ1v) is 12.2. The maximum atomic E-state index is 12.5. The van der Waals surface area contributed by atoms with E-state index in [2.05, 4.69) is 20.7 Å². The van der Waals surface area contributed by atoms with Gasteiger partial charge in [-0.25, -0.2) is 5.43 Å². The van der Waals surface area contributed by atoms with E-state index in [0.717, 1.165) is 5.56 Å². The molecule has 0 aliphatic rings. The summed E-state index contributed by atoms with van der Waals surface area (Å²) in [6.07, 6.45) is 1.34. The molecule has 182 valence electrons. The van der Waals surface area contributed by atoms with Crippen LogP contribution in [0.15, 0.2) is 81.9 Å². The fourth-order valence-electron chi connectivity index (χ4n) is 3.29. The molecule has 9 nitrogen and oxygen atoms in total. The van der Waals surface area contributed by atoms with Crippen LogP contribution in [-0.2, 0) is 6.54 Å². The van der Waals surface area contributed by atoms with Gasteiger partial charge < -0.3 is 4.57 Å². The van der Waals surface area contributed by atoms with Crippen molar-refractivity contribution in [1.82, 2.24) is 20.2 Å². The molecule has 1 aromatic heterocycles. The van der Waals surface area contributed by atoms with Crippen molar-refractivity contribution in [2.75, 3.05) is 0 Å². The molecule has 12 heteroatoms. The lowest BCUT2D eigenvalue weighted by atomic mass is 10.2. The summed E-state index contributed by atoms with van der Waals surface area (Å²) in [6, 6.07) is 18.5. The number of benzene rings is 3. The number of rotatable bonds is 8. The van der Waals surface area contributed by atoms with Crippen molar-refractivity contribution in [2.24, 2.45) is 5.10 Å². The Hall–Kier alpha value is -3.73. The highest BCUT2D eigenvalue weighted by molar-refractivity contribution is 7.99. The molecule has 0 saturated carbocycles. The number of nitro benzene ring substituents is 1. The molecule has 1 amide bonds. The van der Waals surface area contributed by atoms with E-state index < -0.39 is 10.8 Å². The lowest BCUT2D eigenvalue weighted by molar-refractivity contribution is -0.384. The molecule has 1 N–H and O–H groups in total. The first-order chi connectivity index (χ1) is 17.4. The quantitative estimate of drug-likeness (QED) is 0.164. The van der Waals surface area contributed by atoms with Crippen molar-refractivity contribution in [3.8, 4) is 11.4 Å². The van der Waals surface area contributed by atoms with Crippen LogP contribution in [0.2, 0.25) is 10.0 Å². The Morgan fingerprint density at radius 3 is 2.61 bits per heavy atom. The standard InChI is InChI=1S/C24H18Cl2N6O3S/c1-2-31-22(15-6-4-3-5-7-15)28-30-24(31)36-21-11-9-18(32(34)35)12-16(21)14-27-29-23(33)19-10-8-17(25)13-20(19)26/h3-14H,2H2,1H3,(H,29,33)/b27-14-. The second-order valence-electron chi connectivity index (χ2n) is 7.32. The van der Waals surface area contributed by atoms with Crippen molar-refractivity contribution < 1.29 is 9.72 Å². The third kappa shape index (κ3) is 5.73. The van der Waals surface area contributed by atoms with E-state index in [1.165, 1.54) is 48.3 Å². The second-order valence-corrected chi connectivity index (χ2v) is 9.17. The molecular formula is C24H18Cl2N6O3S. The zero-order valence-corrected chi connectivity index (χ0v) is 21.1. The van der Waals surface area contributed by atoms with Crippen molar-refractivity contribution in [2.45, 2.75) is 23.5 Å². The first kappa shape index (κ1) is 25.4. The first-order valence-electron chi connectivity index (χ1n) is 10.6. The fraction of sp³-hybridized carbons (Fsp3) is 0.0833. The Morgan fingerprint density at radius 2 is 1.92 bits per heavy atom. The van der Waals surface area contributed by atoms with Crippen molar-refractivity contribution in [1.29, 1.82) is 0 Å². The molecule has 4 rings (SSSR count). The lowest BCUT2D eigenvalue weighted by Crippen LogP contribution is -2.18. The maximum Gasteiger partial charge on any atom is 0.272 e. The van der Waals surface area contributed by atoms with E-state index in [1.54, 1.807) is 6.07 Å². The number of amides is 1. The molecule has 0 aliphatic heterocycles. The molecular weight excluding hydrogens is 523 g/mol. The summed E-state index contributed by atoms with van der Waals surface area (Å²) < 4.78 is 1.95. The van der Waals surface area contributed by atoms with Gasteiger partial charge in [0.15, 0.2) is 11.0 Å². The Morgan fingerprint density at radius 1 is 1.14 bits per heavy atom. The number of hydrazone groups is 1. The van der Waals surface area contributed by atoms with Crippen LogP contribution >= 0.6 is 35.0 Å². The highest BCUT2D eigenvalue weighted by Gasteiger charge is 2.17. The van der Waals surface area contributed by atoms with Crippen LogP contribution in [-0.4, -0.2) is 31.8 Å².